The van der Waals surface area contributed by atoms with E-state index in [0.29, 0.717) is 10.4 Å². The largest absolute Gasteiger partial charge is 0.431 e. The molecule has 20 heavy (non-hydrogen) atoms. The Balaban J connectivity index is 1.68. The lowest BCUT2D eigenvalue weighted by atomic mass is 10.3. The van der Waals surface area contributed by atoms with Crippen LogP contribution in [0.1, 0.15) is 6.92 Å². The molecule has 1 amide bonds. The number of benzene rings is 1. The van der Waals surface area contributed by atoms with Gasteiger partial charge in [-0.05, 0) is 19.1 Å². The second-order valence-corrected chi connectivity index (χ2v) is 6.22. The van der Waals surface area contributed by atoms with Crippen LogP contribution >= 0.6 is 23.1 Å². The monoisotopic (exact) mass is 305 g/mol. The number of nitrogens with one attached hydrogen (secondary N) is 1. The molecule has 0 aliphatic rings. The first-order valence-corrected chi connectivity index (χ1v) is 7.71. The summed E-state index contributed by atoms with van der Waals surface area (Å²) in [5, 5.41) is 5.35. The standard InChI is InChI=1S/C13H11N3O2S2/c1-8(11(17)16-12-14-6-7-19-12)20-13-15-9-4-2-3-5-10(9)18-13/h2-8H,1H3,(H,14,16,17)/t8-/m0/s1. The molecule has 102 valence electrons. The van der Waals surface area contributed by atoms with E-state index in [4.69, 9.17) is 4.42 Å². The number of thioether (sulfide) groups is 1. The Kier molecular flexibility index (Phi) is 3.70. The quantitative estimate of drug-likeness (QED) is 0.748. The average molecular weight is 305 g/mol. The molecule has 1 atom stereocenters. The third-order valence-electron chi connectivity index (χ3n) is 2.58. The molecule has 7 heteroatoms. The van der Waals surface area contributed by atoms with Crippen LogP contribution in [0.15, 0.2) is 45.5 Å². The van der Waals surface area contributed by atoms with E-state index in [1.807, 2.05) is 36.6 Å². The zero-order valence-electron chi connectivity index (χ0n) is 10.6. The van der Waals surface area contributed by atoms with Gasteiger partial charge in [-0.15, -0.1) is 11.3 Å². The lowest BCUT2D eigenvalue weighted by Crippen LogP contribution is -2.22. The zero-order chi connectivity index (χ0) is 13.9. The van der Waals surface area contributed by atoms with Crippen LogP contribution in [-0.2, 0) is 4.79 Å². The van der Waals surface area contributed by atoms with Gasteiger partial charge in [-0.1, -0.05) is 23.9 Å². The van der Waals surface area contributed by atoms with E-state index in [1.165, 1.54) is 23.1 Å². The van der Waals surface area contributed by atoms with Gasteiger partial charge in [0.05, 0.1) is 5.25 Å². The van der Waals surface area contributed by atoms with Crippen LogP contribution in [-0.4, -0.2) is 21.1 Å². The third-order valence-corrected chi connectivity index (χ3v) is 4.22. The first-order chi connectivity index (χ1) is 9.72. The minimum Gasteiger partial charge on any atom is -0.431 e. The van der Waals surface area contributed by atoms with Crippen molar-refractivity contribution in [1.29, 1.82) is 0 Å². The molecule has 3 aromatic rings. The molecular formula is C13H11N3O2S2. The highest BCUT2D eigenvalue weighted by Crippen LogP contribution is 2.27. The van der Waals surface area contributed by atoms with Crippen molar-refractivity contribution >= 4 is 45.2 Å². The van der Waals surface area contributed by atoms with Crippen molar-refractivity contribution in [1.82, 2.24) is 9.97 Å². The fraction of sp³-hybridized carbons (Fsp3) is 0.154. The fourth-order valence-corrected chi connectivity index (χ4v) is 2.89. The van der Waals surface area contributed by atoms with Gasteiger partial charge >= 0.3 is 0 Å². The van der Waals surface area contributed by atoms with E-state index in [2.05, 4.69) is 15.3 Å². The number of hydrogen-bond donors (Lipinski definition) is 1. The van der Waals surface area contributed by atoms with Crippen molar-refractivity contribution in [3.63, 3.8) is 0 Å². The smallest absolute Gasteiger partial charge is 0.257 e. The van der Waals surface area contributed by atoms with Gasteiger partial charge in [0.25, 0.3) is 5.22 Å². The van der Waals surface area contributed by atoms with Crippen molar-refractivity contribution in [3.05, 3.63) is 35.8 Å². The molecule has 2 heterocycles. The van der Waals surface area contributed by atoms with E-state index < -0.39 is 0 Å². The Hall–Kier alpha value is -1.86. The van der Waals surface area contributed by atoms with E-state index in [1.54, 1.807) is 6.20 Å². The molecule has 0 fully saturated rings. The summed E-state index contributed by atoms with van der Waals surface area (Å²) in [5.74, 6) is -0.118. The predicted molar refractivity (Wildman–Crippen MR) is 80.1 cm³/mol. The molecule has 5 nitrogen and oxygen atoms in total. The highest BCUT2D eigenvalue weighted by molar-refractivity contribution is 8.00. The molecule has 0 radical (unpaired) electrons. The number of hydrogen-bond acceptors (Lipinski definition) is 6. The molecule has 0 bridgehead atoms. The predicted octanol–water partition coefficient (Wildman–Crippen LogP) is 3.40. The number of para-hydroxylation sites is 2. The number of thiazole rings is 1. The molecule has 3 rings (SSSR count). The Bertz CT molecular complexity index is 691. The summed E-state index contributed by atoms with van der Waals surface area (Å²) in [6.07, 6.45) is 1.65. The Labute approximate surface area is 123 Å². The summed E-state index contributed by atoms with van der Waals surface area (Å²) in [4.78, 5) is 20.3. The van der Waals surface area contributed by atoms with Gasteiger partial charge in [-0.25, -0.2) is 9.97 Å². The van der Waals surface area contributed by atoms with Crippen LogP contribution in [0.4, 0.5) is 5.13 Å². The van der Waals surface area contributed by atoms with Gasteiger partial charge < -0.3 is 9.73 Å². The van der Waals surface area contributed by atoms with Crippen LogP contribution in [0, 0.1) is 0 Å². The van der Waals surface area contributed by atoms with E-state index in [0.717, 1.165) is 11.1 Å². The lowest BCUT2D eigenvalue weighted by molar-refractivity contribution is -0.115. The molecule has 1 N–H and O–H groups in total. The molecular weight excluding hydrogens is 294 g/mol. The number of fused-ring (bicyclic) bond motifs is 1. The van der Waals surface area contributed by atoms with E-state index in [9.17, 15) is 4.79 Å². The van der Waals surface area contributed by atoms with Crippen molar-refractivity contribution in [2.24, 2.45) is 0 Å². The number of rotatable bonds is 4. The summed E-state index contributed by atoms with van der Waals surface area (Å²) in [7, 11) is 0. The van der Waals surface area contributed by atoms with Gasteiger partial charge in [0.15, 0.2) is 10.7 Å². The first kappa shape index (κ1) is 13.1. The van der Waals surface area contributed by atoms with Crippen molar-refractivity contribution in [2.75, 3.05) is 5.32 Å². The molecule has 1 aromatic carbocycles. The summed E-state index contributed by atoms with van der Waals surface area (Å²) in [6.45, 7) is 1.81. The van der Waals surface area contributed by atoms with Crippen LogP contribution in [0.3, 0.4) is 0 Å². The van der Waals surface area contributed by atoms with Gasteiger partial charge in [-0.3, -0.25) is 4.79 Å². The molecule has 0 aliphatic carbocycles. The van der Waals surface area contributed by atoms with Crippen LogP contribution in [0.2, 0.25) is 0 Å². The minimum atomic E-state index is -0.313. The average Bonchev–Trinajstić information content (AvgIpc) is 3.06. The van der Waals surface area contributed by atoms with Gasteiger partial charge in [-0.2, -0.15) is 0 Å². The molecule has 0 spiro atoms. The zero-order valence-corrected chi connectivity index (χ0v) is 12.2. The molecule has 2 aromatic heterocycles. The summed E-state index contributed by atoms with van der Waals surface area (Å²) >= 11 is 2.67. The van der Waals surface area contributed by atoms with Gasteiger partial charge in [0, 0.05) is 11.6 Å². The SMILES string of the molecule is C[C@H](Sc1nc2ccccc2o1)C(=O)Nc1nccs1. The normalized spacial score (nSPS) is 12.4. The second-order valence-electron chi connectivity index (χ2n) is 4.03. The number of carbonyl (C=O) groups is 1. The molecule has 0 saturated carbocycles. The number of amides is 1. The Morgan fingerprint density at radius 2 is 2.30 bits per heavy atom. The minimum absolute atomic E-state index is 0.118. The number of oxazole rings is 1. The van der Waals surface area contributed by atoms with Crippen LogP contribution < -0.4 is 5.32 Å². The first-order valence-electron chi connectivity index (χ1n) is 5.95. The van der Waals surface area contributed by atoms with E-state index >= 15 is 0 Å². The van der Waals surface area contributed by atoms with Crippen molar-refractivity contribution in [2.45, 2.75) is 17.4 Å². The van der Waals surface area contributed by atoms with Gasteiger partial charge in [0.2, 0.25) is 5.91 Å². The molecule has 0 unspecified atom stereocenters. The summed E-state index contributed by atoms with van der Waals surface area (Å²) < 4.78 is 5.58. The lowest BCUT2D eigenvalue weighted by Gasteiger charge is -2.07. The number of aromatic nitrogens is 2. The summed E-state index contributed by atoms with van der Waals surface area (Å²) in [5.41, 5.74) is 1.52. The van der Waals surface area contributed by atoms with E-state index in [-0.39, 0.29) is 11.2 Å². The number of nitrogens with zero attached hydrogens (tertiary/aromatic N) is 2. The number of anilines is 1. The second kappa shape index (κ2) is 5.64. The fourth-order valence-electron chi connectivity index (χ4n) is 1.60. The highest BCUT2D eigenvalue weighted by Gasteiger charge is 2.18. The molecule has 0 saturated heterocycles. The Morgan fingerprint density at radius 3 is 3.05 bits per heavy atom. The maximum atomic E-state index is 12.0. The molecule has 0 aliphatic heterocycles. The topological polar surface area (TPSA) is 68.0 Å². The highest BCUT2D eigenvalue weighted by atomic mass is 32.2. The van der Waals surface area contributed by atoms with Crippen molar-refractivity contribution < 1.29 is 9.21 Å². The van der Waals surface area contributed by atoms with Gasteiger partial charge in [0.1, 0.15) is 5.52 Å². The maximum absolute atomic E-state index is 12.0. The van der Waals surface area contributed by atoms with Crippen LogP contribution in [0.25, 0.3) is 11.1 Å². The van der Waals surface area contributed by atoms with Crippen molar-refractivity contribution in [3.8, 4) is 0 Å². The third kappa shape index (κ3) is 2.83. The Morgan fingerprint density at radius 1 is 1.45 bits per heavy atom. The summed E-state index contributed by atoms with van der Waals surface area (Å²) in [6, 6.07) is 7.52. The maximum Gasteiger partial charge on any atom is 0.257 e. The number of carbonyl (C=O) groups excluding carboxylic acids is 1. The van der Waals surface area contributed by atoms with Crippen LogP contribution in [0.5, 0.6) is 0 Å².